The number of hydrogen-bond donors (Lipinski definition) is 0. The first-order chi connectivity index (χ1) is 10.1. The van der Waals surface area contributed by atoms with Gasteiger partial charge in [0.2, 0.25) is 5.91 Å². The molecule has 0 N–H and O–H groups in total. The van der Waals surface area contributed by atoms with Gasteiger partial charge in [-0.25, -0.2) is 0 Å². The number of amides is 1. The van der Waals surface area contributed by atoms with Crippen LogP contribution in [-0.4, -0.2) is 49.3 Å². The van der Waals surface area contributed by atoms with E-state index in [0.29, 0.717) is 19.5 Å². The summed E-state index contributed by atoms with van der Waals surface area (Å²) < 4.78 is 11.3. The molecule has 1 amide bonds. The van der Waals surface area contributed by atoms with Gasteiger partial charge in [0.1, 0.15) is 5.60 Å². The normalized spacial score (nSPS) is 23.9. The summed E-state index contributed by atoms with van der Waals surface area (Å²) in [5.74, 6) is 0.188. The van der Waals surface area contributed by atoms with Crippen LogP contribution in [0.25, 0.3) is 0 Å². The fourth-order valence-corrected chi connectivity index (χ4v) is 3.22. The van der Waals surface area contributed by atoms with E-state index in [0.717, 1.165) is 25.0 Å². The highest BCUT2D eigenvalue weighted by Crippen LogP contribution is 2.35. The molecule has 2 fully saturated rings. The molecule has 0 bridgehead atoms. The largest absolute Gasteiger partial charge is 0.381 e. The quantitative estimate of drug-likeness (QED) is 0.853. The number of methoxy groups -OCH3 is 1. The summed E-state index contributed by atoms with van der Waals surface area (Å²) in [4.78, 5) is 14.2. The first kappa shape index (κ1) is 14.5. The van der Waals surface area contributed by atoms with Crippen molar-refractivity contribution in [3.63, 3.8) is 0 Å². The maximum Gasteiger partial charge on any atom is 0.227 e. The highest BCUT2D eigenvalue weighted by Gasteiger charge is 2.49. The van der Waals surface area contributed by atoms with Gasteiger partial charge in [0.15, 0.2) is 0 Å². The van der Waals surface area contributed by atoms with Crippen molar-refractivity contribution < 1.29 is 14.3 Å². The van der Waals surface area contributed by atoms with Crippen molar-refractivity contribution in [2.45, 2.75) is 37.9 Å². The van der Waals surface area contributed by atoms with E-state index < -0.39 is 0 Å². The summed E-state index contributed by atoms with van der Waals surface area (Å²) in [6, 6.07) is 8.16. The summed E-state index contributed by atoms with van der Waals surface area (Å²) in [5.41, 5.74) is 2.14. The van der Waals surface area contributed by atoms with Crippen LogP contribution in [0.2, 0.25) is 0 Å². The summed E-state index contributed by atoms with van der Waals surface area (Å²) in [6.45, 7) is 4.20. The third-order valence-corrected chi connectivity index (χ3v) is 4.57. The fraction of sp³-hybridized carbons (Fsp3) is 0.588. The van der Waals surface area contributed by atoms with E-state index >= 15 is 0 Å². The van der Waals surface area contributed by atoms with Gasteiger partial charge in [0.25, 0.3) is 0 Å². The third kappa shape index (κ3) is 3.11. The highest BCUT2D eigenvalue weighted by atomic mass is 16.5. The van der Waals surface area contributed by atoms with Crippen molar-refractivity contribution in [1.29, 1.82) is 0 Å². The zero-order chi connectivity index (χ0) is 14.9. The van der Waals surface area contributed by atoms with E-state index in [4.69, 9.17) is 9.47 Å². The minimum Gasteiger partial charge on any atom is -0.381 e. The van der Waals surface area contributed by atoms with E-state index in [-0.39, 0.29) is 17.6 Å². The number of carbonyl (C=O) groups excluding carboxylic acids is 1. The minimum absolute atomic E-state index is 0.151. The van der Waals surface area contributed by atoms with Crippen LogP contribution in [0.3, 0.4) is 0 Å². The monoisotopic (exact) mass is 289 g/mol. The fourth-order valence-electron chi connectivity index (χ4n) is 3.22. The highest BCUT2D eigenvalue weighted by molar-refractivity contribution is 5.80. The molecule has 0 aromatic heterocycles. The minimum atomic E-state index is -0.151. The van der Waals surface area contributed by atoms with Gasteiger partial charge < -0.3 is 14.4 Å². The van der Waals surface area contributed by atoms with Gasteiger partial charge in [-0.05, 0) is 18.9 Å². The molecule has 1 atom stereocenters. The molecule has 0 aliphatic carbocycles. The second kappa shape index (κ2) is 5.78. The van der Waals surface area contributed by atoms with Crippen LogP contribution in [0, 0.1) is 6.92 Å². The van der Waals surface area contributed by atoms with E-state index in [2.05, 4.69) is 6.92 Å². The number of aryl methyl sites for hydroxylation is 1. The van der Waals surface area contributed by atoms with Crippen molar-refractivity contribution in [3.05, 3.63) is 35.4 Å². The van der Waals surface area contributed by atoms with Gasteiger partial charge in [0, 0.05) is 20.1 Å². The Morgan fingerprint density at radius 1 is 1.38 bits per heavy atom. The molecule has 1 aromatic carbocycles. The van der Waals surface area contributed by atoms with Crippen LogP contribution < -0.4 is 0 Å². The zero-order valence-corrected chi connectivity index (χ0v) is 12.8. The SMILES string of the molecule is COC1CCOC2(C1)CN(C(=O)Cc1ccc(C)cc1)C2. The number of likely N-dealkylation sites (tertiary alicyclic amines) is 1. The van der Waals surface area contributed by atoms with Gasteiger partial charge >= 0.3 is 0 Å². The first-order valence-electron chi connectivity index (χ1n) is 7.60. The summed E-state index contributed by atoms with van der Waals surface area (Å²) >= 11 is 0. The molecule has 1 aromatic rings. The standard InChI is InChI=1S/C17H23NO3/c1-13-3-5-14(6-4-13)9-16(19)18-11-17(12-18)10-15(20-2)7-8-21-17/h3-6,15H,7-12H2,1-2H3. The van der Waals surface area contributed by atoms with Crippen LogP contribution >= 0.6 is 0 Å². The Morgan fingerprint density at radius 2 is 2.10 bits per heavy atom. The molecule has 4 nitrogen and oxygen atoms in total. The Balaban J connectivity index is 1.53. The van der Waals surface area contributed by atoms with Crippen molar-refractivity contribution in [2.24, 2.45) is 0 Å². The Labute approximate surface area is 126 Å². The molecule has 0 saturated carbocycles. The lowest BCUT2D eigenvalue weighted by Crippen LogP contribution is -2.67. The van der Waals surface area contributed by atoms with Gasteiger partial charge in [-0.2, -0.15) is 0 Å². The molecule has 2 aliphatic heterocycles. The maximum absolute atomic E-state index is 12.3. The van der Waals surface area contributed by atoms with E-state index in [1.165, 1.54) is 5.56 Å². The molecule has 1 spiro atoms. The summed E-state index contributed by atoms with van der Waals surface area (Å²) in [5, 5.41) is 0. The smallest absolute Gasteiger partial charge is 0.227 e. The molecule has 2 aliphatic rings. The Hall–Kier alpha value is -1.39. The van der Waals surface area contributed by atoms with Gasteiger partial charge in [0.05, 0.1) is 25.6 Å². The number of benzene rings is 1. The van der Waals surface area contributed by atoms with Crippen LogP contribution in [0.5, 0.6) is 0 Å². The van der Waals surface area contributed by atoms with Crippen molar-refractivity contribution in [3.8, 4) is 0 Å². The lowest BCUT2D eigenvalue weighted by atomic mass is 9.84. The molecular formula is C17H23NO3. The van der Waals surface area contributed by atoms with E-state index in [1.54, 1.807) is 7.11 Å². The second-order valence-electron chi connectivity index (χ2n) is 6.29. The summed E-state index contributed by atoms with van der Waals surface area (Å²) in [7, 11) is 1.75. The van der Waals surface area contributed by atoms with Crippen molar-refractivity contribution in [1.82, 2.24) is 4.90 Å². The van der Waals surface area contributed by atoms with Crippen LogP contribution in [-0.2, 0) is 20.7 Å². The molecule has 4 heteroatoms. The van der Waals surface area contributed by atoms with Crippen molar-refractivity contribution in [2.75, 3.05) is 26.8 Å². The van der Waals surface area contributed by atoms with E-state index in [1.807, 2.05) is 29.2 Å². The van der Waals surface area contributed by atoms with Gasteiger partial charge in [-0.15, -0.1) is 0 Å². The molecule has 0 radical (unpaired) electrons. The van der Waals surface area contributed by atoms with Gasteiger partial charge in [-0.3, -0.25) is 4.79 Å². The third-order valence-electron chi connectivity index (χ3n) is 4.57. The average molecular weight is 289 g/mol. The predicted molar refractivity (Wildman–Crippen MR) is 80.2 cm³/mol. The van der Waals surface area contributed by atoms with Crippen LogP contribution in [0.4, 0.5) is 0 Å². The Morgan fingerprint density at radius 3 is 2.76 bits per heavy atom. The average Bonchev–Trinajstić information content (AvgIpc) is 2.47. The first-order valence-corrected chi connectivity index (χ1v) is 7.60. The molecule has 21 heavy (non-hydrogen) atoms. The number of hydrogen-bond acceptors (Lipinski definition) is 3. The predicted octanol–water partition coefficient (Wildman–Crippen LogP) is 1.94. The lowest BCUT2D eigenvalue weighted by molar-refractivity contribution is -0.198. The van der Waals surface area contributed by atoms with Gasteiger partial charge in [-0.1, -0.05) is 29.8 Å². The Kier molecular flexibility index (Phi) is 4.00. The lowest BCUT2D eigenvalue weighted by Gasteiger charge is -2.53. The molecule has 3 rings (SSSR count). The Bertz CT molecular complexity index is 505. The molecule has 1 unspecified atom stereocenters. The number of rotatable bonds is 3. The molecule has 2 saturated heterocycles. The topological polar surface area (TPSA) is 38.8 Å². The summed E-state index contributed by atoms with van der Waals surface area (Å²) in [6.07, 6.45) is 2.60. The molecule has 2 heterocycles. The molecular weight excluding hydrogens is 266 g/mol. The van der Waals surface area contributed by atoms with Crippen molar-refractivity contribution >= 4 is 5.91 Å². The second-order valence-corrected chi connectivity index (χ2v) is 6.29. The maximum atomic E-state index is 12.3. The van der Waals surface area contributed by atoms with Crippen LogP contribution in [0.15, 0.2) is 24.3 Å². The molecule has 114 valence electrons. The zero-order valence-electron chi connectivity index (χ0n) is 12.8. The number of nitrogens with zero attached hydrogens (tertiary/aromatic N) is 1. The van der Waals surface area contributed by atoms with E-state index in [9.17, 15) is 4.79 Å². The number of ether oxygens (including phenoxy) is 2. The van der Waals surface area contributed by atoms with Crippen LogP contribution in [0.1, 0.15) is 24.0 Å². The number of carbonyl (C=O) groups is 1.